The molecule has 0 aliphatic carbocycles. The standard InChI is InChI=1S/C35H42N8O3/c1-35(2,3)46-34(45)43-17-7-8-29(43)33-41-27-15-14-26(40-32(27)42-33)24-12-10-23-19-25(13-11-22(23)18-24)28-20-38-30(39-28)9-5-6-16-37-31(44)21-36-4/h10-15,18-20,29,36H,5-9,16-17,21H2,1-4H3,(H,37,44)(H,38,39)(H,40,41,42). The van der Waals surface area contributed by atoms with E-state index >= 15 is 0 Å². The minimum absolute atomic E-state index is 0.0175. The van der Waals surface area contributed by atoms with Crippen molar-refractivity contribution in [2.75, 3.05) is 26.7 Å². The molecule has 1 unspecified atom stereocenters. The number of unbranched alkanes of at least 4 members (excludes halogenated alkanes) is 1. The smallest absolute Gasteiger partial charge is 0.410 e. The fourth-order valence-electron chi connectivity index (χ4n) is 5.90. The molecule has 1 fully saturated rings. The van der Waals surface area contributed by atoms with E-state index in [1.807, 2.05) is 39.1 Å². The van der Waals surface area contributed by atoms with Crippen molar-refractivity contribution < 1.29 is 14.3 Å². The molecule has 4 heterocycles. The second-order valence-corrected chi connectivity index (χ2v) is 12.9. The summed E-state index contributed by atoms with van der Waals surface area (Å²) < 4.78 is 5.64. The van der Waals surface area contributed by atoms with E-state index in [0.29, 0.717) is 25.3 Å². The van der Waals surface area contributed by atoms with Gasteiger partial charge in [0, 0.05) is 30.6 Å². The number of ether oxygens (including phenoxy) is 1. The number of hydrogen-bond donors (Lipinski definition) is 4. The summed E-state index contributed by atoms with van der Waals surface area (Å²) in [5.41, 5.74) is 4.84. The predicted molar refractivity (Wildman–Crippen MR) is 179 cm³/mol. The highest BCUT2D eigenvalue weighted by atomic mass is 16.6. The molecule has 11 heteroatoms. The van der Waals surface area contributed by atoms with Crippen LogP contribution in [0.4, 0.5) is 4.79 Å². The summed E-state index contributed by atoms with van der Waals surface area (Å²) in [6, 6.07) is 16.6. The number of carbonyl (C=O) groups excluding carboxylic acids is 2. The van der Waals surface area contributed by atoms with E-state index in [-0.39, 0.29) is 18.0 Å². The van der Waals surface area contributed by atoms with Crippen molar-refractivity contribution in [1.82, 2.24) is 40.5 Å². The van der Waals surface area contributed by atoms with E-state index in [1.165, 1.54) is 0 Å². The van der Waals surface area contributed by atoms with Crippen molar-refractivity contribution in [2.45, 2.75) is 64.5 Å². The Morgan fingerprint density at radius 3 is 2.57 bits per heavy atom. The van der Waals surface area contributed by atoms with Crippen LogP contribution in [0.1, 0.15) is 64.1 Å². The average Bonchev–Trinajstić information content (AvgIpc) is 3.79. The minimum Gasteiger partial charge on any atom is -0.444 e. The first-order valence-electron chi connectivity index (χ1n) is 16.0. The first-order chi connectivity index (χ1) is 22.2. The summed E-state index contributed by atoms with van der Waals surface area (Å²) in [5, 5.41) is 8.00. The normalized spacial score (nSPS) is 15.1. The van der Waals surface area contributed by atoms with Gasteiger partial charge in [-0.2, -0.15) is 0 Å². The first-order valence-corrected chi connectivity index (χ1v) is 16.0. The maximum Gasteiger partial charge on any atom is 0.410 e. The summed E-state index contributed by atoms with van der Waals surface area (Å²) in [7, 11) is 1.76. The molecule has 2 amide bonds. The van der Waals surface area contributed by atoms with Crippen LogP contribution < -0.4 is 10.6 Å². The third kappa shape index (κ3) is 7.20. The Bertz CT molecular complexity index is 1850. The third-order valence-electron chi connectivity index (χ3n) is 8.14. The van der Waals surface area contributed by atoms with Crippen molar-refractivity contribution in [2.24, 2.45) is 0 Å². The van der Waals surface area contributed by atoms with Crippen LogP contribution in [0.3, 0.4) is 0 Å². The minimum atomic E-state index is -0.548. The van der Waals surface area contributed by atoms with Gasteiger partial charge in [-0.25, -0.2) is 19.7 Å². The number of likely N-dealkylation sites (N-methyl/N-ethyl adjacent to an activating group) is 1. The highest BCUT2D eigenvalue weighted by molar-refractivity contribution is 5.90. The maximum absolute atomic E-state index is 12.8. The second-order valence-electron chi connectivity index (χ2n) is 12.9. The highest BCUT2D eigenvalue weighted by Crippen LogP contribution is 2.33. The number of hydrogen-bond acceptors (Lipinski definition) is 7. The van der Waals surface area contributed by atoms with E-state index in [4.69, 9.17) is 14.7 Å². The van der Waals surface area contributed by atoms with Crippen LogP contribution in [0.5, 0.6) is 0 Å². The Labute approximate surface area is 268 Å². The molecule has 3 aromatic heterocycles. The monoisotopic (exact) mass is 622 g/mol. The number of imidazole rings is 2. The van der Waals surface area contributed by atoms with Gasteiger partial charge in [0.05, 0.1) is 35.7 Å². The molecular formula is C35H42N8O3. The van der Waals surface area contributed by atoms with Gasteiger partial charge < -0.3 is 25.3 Å². The third-order valence-corrected chi connectivity index (χ3v) is 8.14. The second kappa shape index (κ2) is 13.3. The Morgan fingerprint density at radius 1 is 1.00 bits per heavy atom. The number of nitrogens with one attached hydrogen (secondary N) is 4. The number of likely N-dealkylation sites (tertiary alicyclic amines) is 1. The molecule has 1 aliphatic rings. The molecule has 4 N–H and O–H groups in total. The first kappa shape index (κ1) is 31.2. The van der Waals surface area contributed by atoms with Crippen LogP contribution in [0, 0.1) is 0 Å². The molecule has 0 bridgehead atoms. The number of pyridine rings is 1. The van der Waals surface area contributed by atoms with Gasteiger partial charge in [0.15, 0.2) is 5.65 Å². The number of rotatable bonds is 10. The number of amides is 2. The summed E-state index contributed by atoms with van der Waals surface area (Å²) in [6.45, 7) is 7.30. The fourth-order valence-corrected chi connectivity index (χ4v) is 5.90. The average molecular weight is 623 g/mol. The van der Waals surface area contributed by atoms with E-state index in [9.17, 15) is 9.59 Å². The van der Waals surface area contributed by atoms with Gasteiger partial charge >= 0.3 is 6.09 Å². The van der Waals surface area contributed by atoms with Gasteiger partial charge in [-0.3, -0.25) is 9.69 Å². The van der Waals surface area contributed by atoms with Gasteiger partial charge in [0.2, 0.25) is 5.91 Å². The summed E-state index contributed by atoms with van der Waals surface area (Å²) in [6.07, 6.45) is 5.98. The lowest BCUT2D eigenvalue weighted by Gasteiger charge is -2.27. The molecule has 1 atom stereocenters. The van der Waals surface area contributed by atoms with Crippen molar-refractivity contribution in [3.05, 3.63) is 66.4 Å². The largest absolute Gasteiger partial charge is 0.444 e. The molecule has 0 saturated carbocycles. The highest BCUT2D eigenvalue weighted by Gasteiger charge is 2.35. The summed E-state index contributed by atoms with van der Waals surface area (Å²) >= 11 is 0. The lowest BCUT2D eigenvalue weighted by Crippen LogP contribution is -2.36. The van der Waals surface area contributed by atoms with Crippen LogP contribution >= 0.6 is 0 Å². The summed E-state index contributed by atoms with van der Waals surface area (Å²) in [4.78, 5) is 47.3. The van der Waals surface area contributed by atoms with Gasteiger partial charge in [-0.05, 0) is 88.5 Å². The number of aryl methyl sites for hydroxylation is 1. The summed E-state index contributed by atoms with van der Waals surface area (Å²) in [5.74, 6) is 1.70. The van der Waals surface area contributed by atoms with E-state index in [0.717, 1.165) is 82.6 Å². The molecular weight excluding hydrogens is 580 g/mol. The molecule has 1 saturated heterocycles. The Balaban J connectivity index is 1.12. The van der Waals surface area contributed by atoms with Crippen LogP contribution in [-0.4, -0.2) is 74.1 Å². The molecule has 240 valence electrons. The molecule has 2 aromatic carbocycles. The fraction of sp³-hybridized carbons (Fsp3) is 0.400. The lowest BCUT2D eigenvalue weighted by atomic mass is 10.0. The topological polar surface area (TPSA) is 141 Å². The van der Waals surface area contributed by atoms with Crippen LogP contribution in [0.25, 0.3) is 44.5 Å². The van der Waals surface area contributed by atoms with Gasteiger partial charge in [0.25, 0.3) is 0 Å². The SMILES string of the molecule is CNCC(=O)NCCCCc1ncc(-c2ccc3cc(-c4ccc5[nH]c(C6CCCN6C(=O)OC(C)(C)C)nc5n4)ccc3c2)[nH]1. The van der Waals surface area contributed by atoms with Crippen LogP contribution in [-0.2, 0) is 16.0 Å². The predicted octanol–water partition coefficient (Wildman–Crippen LogP) is 5.90. The Kier molecular flexibility index (Phi) is 9.03. The van der Waals surface area contributed by atoms with Gasteiger partial charge in [-0.15, -0.1) is 0 Å². The van der Waals surface area contributed by atoms with E-state index < -0.39 is 5.60 Å². The zero-order valence-electron chi connectivity index (χ0n) is 26.9. The molecule has 0 spiro atoms. The number of aromatic amines is 2. The lowest BCUT2D eigenvalue weighted by molar-refractivity contribution is -0.120. The zero-order chi connectivity index (χ0) is 32.3. The molecule has 0 radical (unpaired) electrons. The van der Waals surface area contributed by atoms with Gasteiger partial charge in [0.1, 0.15) is 17.2 Å². The van der Waals surface area contributed by atoms with E-state index in [2.05, 4.69) is 62.0 Å². The number of aromatic nitrogens is 5. The van der Waals surface area contributed by atoms with Crippen LogP contribution in [0.15, 0.2) is 54.7 Å². The number of fused-ring (bicyclic) bond motifs is 2. The molecule has 5 aromatic rings. The number of carbonyl (C=O) groups is 2. The zero-order valence-corrected chi connectivity index (χ0v) is 26.9. The van der Waals surface area contributed by atoms with Crippen molar-refractivity contribution in [1.29, 1.82) is 0 Å². The van der Waals surface area contributed by atoms with Crippen molar-refractivity contribution in [3.63, 3.8) is 0 Å². The molecule has 1 aliphatic heterocycles. The molecule has 6 rings (SSSR count). The Morgan fingerprint density at radius 2 is 1.78 bits per heavy atom. The molecule has 11 nitrogen and oxygen atoms in total. The van der Waals surface area contributed by atoms with Crippen molar-refractivity contribution in [3.8, 4) is 22.5 Å². The maximum atomic E-state index is 12.8. The Hall–Kier alpha value is -4.77. The van der Waals surface area contributed by atoms with Crippen LogP contribution in [0.2, 0.25) is 0 Å². The van der Waals surface area contributed by atoms with E-state index in [1.54, 1.807) is 11.9 Å². The number of nitrogens with zero attached hydrogens (tertiary/aromatic N) is 4. The van der Waals surface area contributed by atoms with Crippen molar-refractivity contribution >= 4 is 33.9 Å². The van der Waals surface area contributed by atoms with Gasteiger partial charge in [-0.1, -0.05) is 24.3 Å². The number of H-pyrrole nitrogens is 2. The molecule has 46 heavy (non-hydrogen) atoms. The quantitative estimate of drug-likeness (QED) is 0.142. The number of benzene rings is 2.